The minimum atomic E-state index is -3.14. The number of aryl methyl sites for hydroxylation is 1. The summed E-state index contributed by atoms with van der Waals surface area (Å²) in [5.74, 6) is 2.06. The van der Waals surface area contributed by atoms with Crippen LogP contribution >= 0.6 is 11.6 Å². The topological polar surface area (TPSA) is 93.7 Å². The fourth-order valence-electron chi connectivity index (χ4n) is 5.30. The number of hydrogen-bond acceptors (Lipinski definition) is 7. The van der Waals surface area contributed by atoms with Crippen LogP contribution in [0.1, 0.15) is 18.4 Å². The highest BCUT2D eigenvalue weighted by Gasteiger charge is 2.43. The molecule has 1 saturated heterocycles. The third-order valence-corrected chi connectivity index (χ3v) is 8.91. The molecule has 8 nitrogen and oxygen atoms in total. The van der Waals surface area contributed by atoms with Crippen LogP contribution in [0.15, 0.2) is 30.6 Å². The Balaban J connectivity index is 1.32. The highest BCUT2D eigenvalue weighted by Crippen LogP contribution is 2.43. The zero-order valence-electron chi connectivity index (χ0n) is 20.3. The SMILES string of the molecule is COc1cc2c(Nc3ccc(C)c(Cl)c3F)ncnc2cc1OCC1C[C@@H]2CN(S(C)(=O)=O)C[C@@H]2C1. The third kappa shape index (κ3) is 4.81. The highest BCUT2D eigenvalue weighted by atomic mass is 35.5. The smallest absolute Gasteiger partial charge is 0.211 e. The second-order valence-electron chi connectivity index (χ2n) is 9.67. The first kappa shape index (κ1) is 25.0. The lowest BCUT2D eigenvalue weighted by atomic mass is 10.0. The monoisotopic (exact) mass is 534 g/mol. The first-order valence-corrected chi connectivity index (χ1v) is 14.0. The van der Waals surface area contributed by atoms with Crippen LogP contribution in [0, 0.1) is 30.5 Å². The van der Waals surface area contributed by atoms with Gasteiger partial charge in [0.1, 0.15) is 12.1 Å². The molecule has 2 fully saturated rings. The van der Waals surface area contributed by atoms with Crippen LogP contribution in [0.3, 0.4) is 0 Å². The zero-order valence-corrected chi connectivity index (χ0v) is 21.9. The molecule has 1 unspecified atom stereocenters. The van der Waals surface area contributed by atoms with Crippen molar-refractivity contribution in [1.29, 1.82) is 0 Å². The number of ether oxygens (including phenoxy) is 2. The van der Waals surface area contributed by atoms with Gasteiger partial charge >= 0.3 is 0 Å². The van der Waals surface area contributed by atoms with Crippen molar-refractivity contribution in [2.75, 3.05) is 38.4 Å². The van der Waals surface area contributed by atoms with Gasteiger partial charge in [-0.3, -0.25) is 0 Å². The summed E-state index contributed by atoms with van der Waals surface area (Å²) in [5.41, 5.74) is 1.48. The van der Waals surface area contributed by atoms with Crippen molar-refractivity contribution in [1.82, 2.24) is 14.3 Å². The second-order valence-corrected chi connectivity index (χ2v) is 12.0. The van der Waals surface area contributed by atoms with Gasteiger partial charge in [0.25, 0.3) is 0 Å². The van der Waals surface area contributed by atoms with Gasteiger partial charge in [0.05, 0.1) is 36.2 Å². The zero-order chi connectivity index (χ0) is 25.6. The number of aromatic nitrogens is 2. The van der Waals surface area contributed by atoms with E-state index in [1.54, 1.807) is 42.6 Å². The molecule has 192 valence electrons. The summed E-state index contributed by atoms with van der Waals surface area (Å²) in [7, 11) is -1.58. The third-order valence-electron chi connectivity index (χ3n) is 7.21. The maximum Gasteiger partial charge on any atom is 0.211 e. The van der Waals surface area contributed by atoms with Crippen LogP contribution < -0.4 is 14.8 Å². The maximum absolute atomic E-state index is 14.7. The van der Waals surface area contributed by atoms with E-state index >= 15 is 0 Å². The summed E-state index contributed by atoms with van der Waals surface area (Å²) in [6, 6.07) is 6.92. The van der Waals surface area contributed by atoms with Crippen molar-refractivity contribution < 1.29 is 22.3 Å². The van der Waals surface area contributed by atoms with E-state index in [-0.39, 0.29) is 10.7 Å². The number of anilines is 2. The van der Waals surface area contributed by atoms with Crippen molar-refractivity contribution in [3.63, 3.8) is 0 Å². The average molecular weight is 535 g/mol. The predicted molar refractivity (Wildman–Crippen MR) is 137 cm³/mol. The van der Waals surface area contributed by atoms with E-state index in [9.17, 15) is 12.8 Å². The Kier molecular flexibility index (Phi) is 6.69. The Bertz CT molecular complexity index is 1410. The van der Waals surface area contributed by atoms with Crippen molar-refractivity contribution in [2.24, 2.45) is 17.8 Å². The lowest BCUT2D eigenvalue weighted by Crippen LogP contribution is -2.29. The first-order valence-electron chi connectivity index (χ1n) is 11.8. The van der Waals surface area contributed by atoms with Gasteiger partial charge in [-0.15, -0.1) is 0 Å². The molecule has 1 aliphatic heterocycles. The van der Waals surface area contributed by atoms with Gasteiger partial charge in [-0.05, 0) is 55.2 Å². The van der Waals surface area contributed by atoms with E-state index in [0.29, 0.717) is 71.2 Å². The highest BCUT2D eigenvalue weighted by molar-refractivity contribution is 7.88. The molecule has 2 aliphatic rings. The molecule has 1 saturated carbocycles. The van der Waals surface area contributed by atoms with Gasteiger partial charge in [0.15, 0.2) is 17.3 Å². The molecule has 5 rings (SSSR count). The van der Waals surface area contributed by atoms with Gasteiger partial charge < -0.3 is 14.8 Å². The molecule has 2 aromatic carbocycles. The van der Waals surface area contributed by atoms with Crippen molar-refractivity contribution in [3.05, 3.63) is 47.0 Å². The number of rotatable bonds is 7. The van der Waals surface area contributed by atoms with Gasteiger partial charge in [-0.1, -0.05) is 17.7 Å². The Morgan fingerprint density at radius 2 is 1.89 bits per heavy atom. The molecular weight excluding hydrogens is 507 g/mol. The fraction of sp³-hybridized carbons (Fsp3) is 0.440. The standard InChI is InChI=1S/C25H28ClFN4O4S/c1-14-4-5-19(24(27)23(14)26)30-25-18-8-21(34-2)22(9-20(18)28-13-29-25)35-12-15-6-16-10-31(36(3,32)33)11-17(16)7-15/h4-5,8-9,13,15-17H,6-7,10-12H2,1-3H3,(H,28,29,30)/t15?,16-,17+. The average Bonchev–Trinajstić information content (AvgIpc) is 3.42. The van der Waals surface area contributed by atoms with E-state index in [4.69, 9.17) is 21.1 Å². The molecule has 2 heterocycles. The maximum atomic E-state index is 14.7. The summed E-state index contributed by atoms with van der Waals surface area (Å²) in [6.07, 6.45) is 4.55. The molecule has 0 spiro atoms. The summed E-state index contributed by atoms with van der Waals surface area (Å²) < 4.78 is 51.7. The van der Waals surface area contributed by atoms with Gasteiger partial charge in [0, 0.05) is 24.5 Å². The molecule has 1 aliphatic carbocycles. The van der Waals surface area contributed by atoms with Crippen LogP contribution in [-0.2, 0) is 10.0 Å². The van der Waals surface area contributed by atoms with Gasteiger partial charge in [-0.25, -0.2) is 27.1 Å². The molecule has 0 amide bonds. The number of fused-ring (bicyclic) bond motifs is 2. The Hall–Kier alpha value is -2.69. The summed E-state index contributed by atoms with van der Waals surface area (Å²) in [5, 5.41) is 3.72. The van der Waals surface area contributed by atoms with Gasteiger partial charge in [-0.2, -0.15) is 0 Å². The van der Waals surface area contributed by atoms with E-state index in [2.05, 4.69) is 15.3 Å². The first-order chi connectivity index (χ1) is 17.1. The predicted octanol–water partition coefficient (Wildman–Crippen LogP) is 4.78. The van der Waals surface area contributed by atoms with Crippen molar-refractivity contribution >= 4 is 44.0 Å². The van der Waals surface area contributed by atoms with Gasteiger partial charge in [0.2, 0.25) is 10.0 Å². The van der Waals surface area contributed by atoms with Crippen LogP contribution in [-0.4, -0.2) is 55.8 Å². The number of benzene rings is 2. The second kappa shape index (κ2) is 9.64. The molecule has 11 heteroatoms. The van der Waals surface area contributed by atoms with E-state index < -0.39 is 15.8 Å². The molecule has 0 bridgehead atoms. The number of methoxy groups -OCH3 is 1. The minimum Gasteiger partial charge on any atom is -0.493 e. The Morgan fingerprint density at radius 1 is 1.17 bits per heavy atom. The molecule has 36 heavy (non-hydrogen) atoms. The normalized spacial score (nSPS) is 22.1. The molecular formula is C25H28ClFN4O4S. The molecule has 3 aromatic rings. The number of hydrogen-bond donors (Lipinski definition) is 1. The number of nitrogens with one attached hydrogen (secondary N) is 1. The van der Waals surface area contributed by atoms with Crippen molar-refractivity contribution in [2.45, 2.75) is 19.8 Å². The molecule has 3 atom stereocenters. The lowest BCUT2D eigenvalue weighted by Gasteiger charge is -2.18. The Labute approximate surface area is 214 Å². The van der Waals surface area contributed by atoms with E-state index in [1.807, 2.05) is 0 Å². The Morgan fingerprint density at radius 3 is 2.56 bits per heavy atom. The lowest BCUT2D eigenvalue weighted by molar-refractivity contribution is 0.231. The quantitative estimate of drug-likeness (QED) is 0.466. The summed E-state index contributed by atoms with van der Waals surface area (Å²) in [6.45, 7) is 3.44. The fourth-order valence-corrected chi connectivity index (χ4v) is 6.39. The molecule has 0 radical (unpaired) electrons. The van der Waals surface area contributed by atoms with E-state index in [1.165, 1.54) is 12.6 Å². The van der Waals surface area contributed by atoms with Crippen LogP contribution in [0.2, 0.25) is 5.02 Å². The van der Waals surface area contributed by atoms with Crippen LogP contribution in [0.25, 0.3) is 10.9 Å². The minimum absolute atomic E-state index is 0.0618. The summed E-state index contributed by atoms with van der Waals surface area (Å²) >= 11 is 6.07. The number of halogens is 2. The van der Waals surface area contributed by atoms with Crippen LogP contribution in [0.4, 0.5) is 15.9 Å². The number of nitrogens with zero attached hydrogens (tertiary/aromatic N) is 3. The van der Waals surface area contributed by atoms with Crippen LogP contribution in [0.5, 0.6) is 11.5 Å². The van der Waals surface area contributed by atoms with Crippen molar-refractivity contribution in [3.8, 4) is 11.5 Å². The largest absolute Gasteiger partial charge is 0.493 e. The summed E-state index contributed by atoms with van der Waals surface area (Å²) in [4.78, 5) is 8.65. The molecule has 1 N–H and O–H groups in total. The number of sulfonamides is 1. The van der Waals surface area contributed by atoms with E-state index in [0.717, 1.165) is 12.8 Å². The molecule has 1 aromatic heterocycles.